The predicted octanol–water partition coefficient (Wildman–Crippen LogP) is 5.04. The number of halogens is 2. The van der Waals surface area contributed by atoms with Crippen LogP contribution in [0.15, 0.2) is 46.9 Å². The van der Waals surface area contributed by atoms with Crippen molar-refractivity contribution < 1.29 is 4.74 Å². The zero-order valence-electron chi connectivity index (χ0n) is 10.2. The van der Waals surface area contributed by atoms with Crippen LogP contribution in [0, 0.1) is 0 Å². The Morgan fingerprint density at radius 1 is 1.16 bits per heavy atom. The van der Waals surface area contributed by atoms with Crippen LogP contribution in [0.5, 0.6) is 5.75 Å². The summed E-state index contributed by atoms with van der Waals surface area (Å²) in [6.07, 6.45) is 0.940. The maximum Gasteiger partial charge on any atom is 0.124 e. The molecule has 2 nitrogen and oxygen atoms in total. The molecule has 0 aliphatic carbocycles. The fraction of sp³-hybridized carbons (Fsp3) is 0.200. The van der Waals surface area contributed by atoms with E-state index >= 15 is 0 Å². The van der Waals surface area contributed by atoms with Gasteiger partial charge in [-0.25, -0.2) is 0 Å². The first kappa shape index (κ1) is 12.8. The van der Waals surface area contributed by atoms with Gasteiger partial charge in [-0.3, -0.25) is 0 Å². The minimum absolute atomic E-state index is 0.250. The van der Waals surface area contributed by atoms with Gasteiger partial charge in [-0.2, -0.15) is 0 Å². The van der Waals surface area contributed by atoms with E-state index in [9.17, 15) is 0 Å². The minimum atomic E-state index is 0.250. The molecular weight excluding hydrogens is 326 g/mol. The number of benzene rings is 2. The largest absolute Gasteiger partial charge is 0.493 e. The number of hydrogen-bond acceptors (Lipinski definition) is 2. The summed E-state index contributed by atoms with van der Waals surface area (Å²) in [7, 11) is 0. The van der Waals surface area contributed by atoms with E-state index in [1.807, 2.05) is 36.4 Å². The number of nitrogens with one attached hydrogen (secondary N) is 1. The van der Waals surface area contributed by atoms with Crippen LogP contribution in [0.2, 0.25) is 5.02 Å². The molecule has 0 spiro atoms. The normalized spacial score (nSPS) is 17.5. The molecule has 0 saturated carbocycles. The van der Waals surface area contributed by atoms with Crippen LogP contribution < -0.4 is 10.1 Å². The molecule has 0 radical (unpaired) electrons. The van der Waals surface area contributed by atoms with E-state index in [0.29, 0.717) is 5.02 Å². The standard InChI is InChI=1S/C15H13BrClNO/c16-15-11(17)5-3-6-13(15)18-12-8-9-19-14-7-2-1-4-10(12)14/h1-7,12,18H,8-9H2. The molecule has 1 atom stereocenters. The first-order valence-corrected chi connectivity index (χ1v) is 7.35. The van der Waals surface area contributed by atoms with Gasteiger partial charge in [0.25, 0.3) is 0 Å². The van der Waals surface area contributed by atoms with Crippen molar-refractivity contribution >= 4 is 33.2 Å². The molecule has 1 unspecified atom stereocenters. The molecule has 1 aliphatic heterocycles. The van der Waals surface area contributed by atoms with Gasteiger partial charge in [0.2, 0.25) is 0 Å². The lowest BCUT2D eigenvalue weighted by Crippen LogP contribution is -2.20. The van der Waals surface area contributed by atoms with Crippen LogP contribution in [0.25, 0.3) is 0 Å². The summed E-state index contributed by atoms with van der Waals surface area (Å²) in [5.41, 5.74) is 2.20. The molecule has 19 heavy (non-hydrogen) atoms. The molecule has 98 valence electrons. The summed E-state index contributed by atoms with van der Waals surface area (Å²) in [6.45, 7) is 0.729. The van der Waals surface area contributed by atoms with Crippen molar-refractivity contribution in [1.29, 1.82) is 0 Å². The first-order valence-electron chi connectivity index (χ1n) is 6.18. The van der Waals surface area contributed by atoms with Crippen molar-refractivity contribution in [1.82, 2.24) is 0 Å². The maximum atomic E-state index is 6.12. The Morgan fingerprint density at radius 3 is 2.89 bits per heavy atom. The van der Waals surface area contributed by atoms with Crippen molar-refractivity contribution in [2.75, 3.05) is 11.9 Å². The van der Waals surface area contributed by atoms with Gasteiger partial charge in [0.15, 0.2) is 0 Å². The summed E-state index contributed by atoms with van der Waals surface area (Å²) in [6, 6.07) is 14.2. The SMILES string of the molecule is Clc1cccc(NC2CCOc3ccccc32)c1Br. The van der Waals surface area contributed by atoms with Crippen LogP contribution in [0.4, 0.5) is 5.69 Å². The lowest BCUT2D eigenvalue weighted by molar-refractivity contribution is 0.274. The van der Waals surface area contributed by atoms with E-state index < -0.39 is 0 Å². The summed E-state index contributed by atoms with van der Waals surface area (Å²) >= 11 is 9.64. The van der Waals surface area contributed by atoms with Crippen LogP contribution >= 0.6 is 27.5 Å². The Hall–Kier alpha value is -1.19. The summed E-state index contributed by atoms with van der Waals surface area (Å²) in [5, 5.41) is 4.25. The fourth-order valence-electron chi connectivity index (χ4n) is 2.29. The fourth-order valence-corrected chi connectivity index (χ4v) is 2.85. The molecule has 0 saturated heterocycles. The highest BCUT2D eigenvalue weighted by Gasteiger charge is 2.21. The highest BCUT2D eigenvalue weighted by molar-refractivity contribution is 9.10. The molecule has 1 aliphatic rings. The molecule has 3 rings (SSSR count). The highest BCUT2D eigenvalue weighted by atomic mass is 79.9. The Morgan fingerprint density at radius 2 is 2.00 bits per heavy atom. The number of hydrogen-bond donors (Lipinski definition) is 1. The highest BCUT2D eigenvalue weighted by Crippen LogP contribution is 2.37. The van der Waals surface area contributed by atoms with E-state index in [1.54, 1.807) is 0 Å². The summed E-state index contributed by atoms with van der Waals surface area (Å²) in [4.78, 5) is 0. The third-order valence-electron chi connectivity index (χ3n) is 3.24. The first-order chi connectivity index (χ1) is 9.25. The Kier molecular flexibility index (Phi) is 3.67. The van der Waals surface area contributed by atoms with E-state index in [0.717, 1.165) is 28.9 Å². The zero-order valence-corrected chi connectivity index (χ0v) is 12.5. The van der Waals surface area contributed by atoms with Gasteiger partial charge in [0.05, 0.1) is 27.8 Å². The Labute approximate surface area is 125 Å². The monoisotopic (exact) mass is 337 g/mol. The molecule has 0 fully saturated rings. The number of fused-ring (bicyclic) bond motifs is 1. The van der Waals surface area contributed by atoms with E-state index in [2.05, 4.69) is 27.3 Å². The van der Waals surface area contributed by atoms with E-state index in [1.165, 1.54) is 5.56 Å². The van der Waals surface area contributed by atoms with Crippen molar-refractivity contribution in [3.8, 4) is 5.75 Å². The van der Waals surface area contributed by atoms with Crippen LogP contribution in [-0.4, -0.2) is 6.61 Å². The predicted molar refractivity (Wildman–Crippen MR) is 82.1 cm³/mol. The van der Waals surface area contributed by atoms with E-state index in [4.69, 9.17) is 16.3 Å². The second kappa shape index (κ2) is 5.43. The molecule has 1 N–H and O–H groups in total. The molecule has 2 aromatic carbocycles. The van der Waals surface area contributed by atoms with Crippen molar-refractivity contribution in [3.05, 3.63) is 57.5 Å². The van der Waals surface area contributed by atoms with Crippen LogP contribution in [0.3, 0.4) is 0 Å². The number of rotatable bonds is 2. The van der Waals surface area contributed by atoms with Gasteiger partial charge in [0.1, 0.15) is 5.75 Å². The second-order valence-corrected chi connectivity index (χ2v) is 5.67. The summed E-state index contributed by atoms with van der Waals surface area (Å²) in [5.74, 6) is 0.962. The average molecular weight is 339 g/mol. The average Bonchev–Trinajstić information content (AvgIpc) is 2.44. The zero-order chi connectivity index (χ0) is 13.2. The van der Waals surface area contributed by atoms with Gasteiger partial charge < -0.3 is 10.1 Å². The smallest absolute Gasteiger partial charge is 0.124 e. The van der Waals surface area contributed by atoms with Crippen molar-refractivity contribution in [3.63, 3.8) is 0 Å². The number of para-hydroxylation sites is 1. The summed E-state index contributed by atoms with van der Waals surface area (Å²) < 4.78 is 6.57. The van der Waals surface area contributed by atoms with Gasteiger partial charge in [-0.05, 0) is 34.1 Å². The topological polar surface area (TPSA) is 21.3 Å². The third kappa shape index (κ3) is 2.58. The molecule has 0 amide bonds. The van der Waals surface area contributed by atoms with Crippen molar-refractivity contribution in [2.24, 2.45) is 0 Å². The molecule has 4 heteroatoms. The third-order valence-corrected chi connectivity index (χ3v) is 4.64. The second-order valence-electron chi connectivity index (χ2n) is 4.47. The molecule has 0 bridgehead atoms. The van der Waals surface area contributed by atoms with Gasteiger partial charge in [-0.15, -0.1) is 0 Å². The number of anilines is 1. The maximum absolute atomic E-state index is 6.12. The van der Waals surface area contributed by atoms with Gasteiger partial charge >= 0.3 is 0 Å². The minimum Gasteiger partial charge on any atom is -0.493 e. The molecular formula is C15H13BrClNO. The van der Waals surface area contributed by atoms with Gasteiger partial charge in [0, 0.05) is 12.0 Å². The Balaban J connectivity index is 1.91. The molecule has 2 aromatic rings. The van der Waals surface area contributed by atoms with Crippen LogP contribution in [0.1, 0.15) is 18.0 Å². The molecule has 1 heterocycles. The quantitative estimate of drug-likeness (QED) is 0.828. The Bertz CT molecular complexity index is 602. The van der Waals surface area contributed by atoms with E-state index in [-0.39, 0.29) is 6.04 Å². The lowest BCUT2D eigenvalue weighted by atomic mass is 10.0. The van der Waals surface area contributed by atoms with Gasteiger partial charge in [-0.1, -0.05) is 35.9 Å². The lowest BCUT2D eigenvalue weighted by Gasteiger charge is -2.27. The van der Waals surface area contributed by atoms with Crippen LogP contribution in [-0.2, 0) is 0 Å². The number of ether oxygens (including phenoxy) is 1. The molecule has 0 aromatic heterocycles. The van der Waals surface area contributed by atoms with Crippen molar-refractivity contribution in [2.45, 2.75) is 12.5 Å².